The molecule has 0 radical (unpaired) electrons. The molecule has 1 atom stereocenters. The normalized spacial score (nSPS) is 22.2. The average molecular weight is 302 g/mol. The maximum atomic E-state index is 12.6. The number of rotatable bonds is 5. The molecule has 1 aliphatic rings. The van der Waals surface area contributed by atoms with Gasteiger partial charge in [0.15, 0.2) is 0 Å². The molecule has 1 aliphatic heterocycles. The van der Waals surface area contributed by atoms with E-state index in [-0.39, 0.29) is 17.5 Å². The molecule has 2 heterocycles. The SMILES string of the molecule is CCn1cc(S(=O)(=O)N2CCN(C)[C@H](CCO)C2)cn1. The highest BCUT2D eigenvalue weighted by atomic mass is 32.2. The van der Waals surface area contributed by atoms with Crippen LogP contribution in [0, 0.1) is 0 Å². The van der Waals surface area contributed by atoms with Crippen molar-refractivity contribution >= 4 is 10.0 Å². The molecule has 0 spiro atoms. The molecule has 0 bridgehead atoms. The van der Waals surface area contributed by atoms with E-state index >= 15 is 0 Å². The van der Waals surface area contributed by atoms with Gasteiger partial charge in [-0.25, -0.2) is 8.42 Å². The minimum atomic E-state index is -3.48. The largest absolute Gasteiger partial charge is 0.396 e. The van der Waals surface area contributed by atoms with Crippen LogP contribution in [-0.4, -0.2) is 71.8 Å². The first kappa shape index (κ1) is 15.4. The molecule has 0 unspecified atom stereocenters. The second kappa shape index (κ2) is 6.21. The van der Waals surface area contributed by atoms with Gasteiger partial charge in [0.2, 0.25) is 10.0 Å². The molecule has 2 rings (SSSR count). The number of nitrogens with zero attached hydrogens (tertiary/aromatic N) is 4. The van der Waals surface area contributed by atoms with E-state index in [9.17, 15) is 8.42 Å². The van der Waals surface area contributed by atoms with E-state index in [1.165, 1.54) is 10.5 Å². The van der Waals surface area contributed by atoms with Crippen molar-refractivity contribution in [1.82, 2.24) is 19.0 Å². The molecule has 1 fully saturated rings. The summed E-state index contributed by atoms with van der Waals surface area (Å²) in [5.74, 6) is 0. The van der Waals surface area contributed by atoms with Crippen molar-refractivity contribution in [3.05, 3.63) is 12.4 Å². The Bertz CT molecular complexity index is 543. The predicted molar refractivity (Wildman–Crippen MR) is 74.8 cm³/mol. The van der Waals surface area contributed by atoms with Crippen molar-refractivity contribution in [3.63, 3.8) is 0 Å². The Morgan fingerprint density at radius 2 is 2.20 bits per heavy atom. The Morgan fingerprint density at radius 3 is 2.80 bits per heavy atom. The van der Waals surface area contributed by atoms with Crippen molar-refractivity contribution in [2.75, 3.05) is 33.3 Å². The number of hydrogen-bond donors (Lipinski definition) is 1. The van der Waals surface area contributed by atoms with Crippen LogP contribution in [0.15, 0.2) is 17.3 Å². The topological polar surface area (TPSA) is 78.7 Å². The summed E-state index contributed by atoms with van der Waals surface area (Å²) in [7, 11) is -1.53. The first-order valence-corrected chi connectivity index (χ1v) is 8.26. The molecule has 0 aliphatic carbocycles. The molecular weight excluding hydrogens is 280 g/mol. The molecular formula is C12H22N4O3S. The molecule has 0 saturated carbocycles. The van der Waals surface area contributed by atoms with Crippen LogP contribution < -0.4 is 0 Å². The maximum Gasteiger partial charge on any atom is 0.246 e. The summed E-state index contributed by atoms with van der Waals surface area (Å²) in [6, 6.07) is 0.0599. The first-order chi connectivity index (χ1) is 9.48. The van der Waals surface area contributed by atoms with Crippen molar-refractivity contribution in [3.8, 4) is 0 Å². The number of sulfonamides is 1. The molecule has 1 aromatic rings. The minimum Gasteiger partial charge on any atom is -0.396 e. The summed E-state index contributed by atoms with van der Waals surface area (Å²) < 4.78 is 28.2. The Hall–Kier alpha value is -0.960. The summed E-state index contributed by atoms with van der Waals surface area (Å²) in [4.78, 5) is 2.34. The lowest BCUT2D eigenvalue weighted by Gasteiger charge is -2.38. The van der Waals surface area contributed by atoms with Crippen LogP contribution in [0.2, 0.25) is 0 Å². The maximum absolute atomic E-state index is 12.6. The fourth-order valence-corrected chi connectivity index (χ4v) is 3.82. The Morgan fingerprint density at radius 1 is 1.45 bits per heavy atom. The zero-order valence-electron chi connectivity index (χ0n) is 11.9. The number of hydrogen-bond acceptors (Lipinski definition) is 5. The van der Waals surface area contributed by atoms with Crippen molar-refractivity contribution in [2.45, 2.75) is 30.8 Å². The second-order valence-electron chi connectivity index (χ2n) is 5.04. The Kier molecular flexibility index (Phi) is 4.79. The van der Waals surface area contributed by atoms with Gasteiger partial charge >= 0.3 is 0 Å². The second-order valence-corrected chi connectivity index (χ2v) is 6.98. The first-order valence-electron chi connectivity index (χ1n) is 6.82. The van der Waals surface area contributed by atoms with Crippen LogP contribution >= 0.6 is 0 Å². The zero-order chi connectivity index (χ0) is 14.8. The van der Waals surface area contributed by atoms with Crippen LogP contribution in [0.25, 0.3) is 0 Å². The summed E-state index contributed by atoms with van der Waals surface area (Å²) in [5, 5.41) is 13.1. The highest BCUT2D eigenvalue weighted by Gasteiger charge is 2.33. The third kappa shape index (κ3) is 3.03. The number of aryl methyl sites for hydroxylation is 1. The highest BCUT2D eigenvalue weighted by Crippen LogP contribution is 2.20. The number of piperazine rings is 1. The average Bonchev–Trinajstić information content (AvgIpc) is 2.91. The standard InChI is InChI=1S/C12H22N4O3S/c1-3-15-10-12(8-13-15)20(18,19)16-6-5-14(2)11(9-16)4-7-17/h8,10-11,17H,3-7,9H2,1-2H3/t11-/m1/s1. The van der Waals surface area contributed by atoms with Crippen LogP contribution in [0.5, 0.6) is 0 Å². The fourth-order valence-electron chi connectivity index (χ4n) is 2.40. The van der Waals surface area contributed by atoms with E-state index in [1.54, 1.807) is 10.9 Å². The van der Waals surface area contributed by atoms with E-state index in [2.05, 4.69) is 10.00 Å². The van der Waals surface area contributed by atoms with E-state index in [0.29, 0.717) is 32.6 Å². The molecule has 20 heavy (non-hydrogen) atoms. The summed E-state index contributed by atoms with van der Waals surface area (Å²) in [6.45, 7) is 4.18. The molecule has 1 N–H and O–H groups in total. The third-order valence-corrected chi connectivity index (χ3v) is 5.59. The third-order valence-electron chi connectivity index (χ3n) is 3.77. The monoisotopic (exact) mass is 302 g/mol. The van der Waals surface area contributed by atoms with E-state index in [4.69, 9.17) is 5.11 Å². The number of likely N-dealkylation sites (N-methyl/N-ethyl adjacent to an activating group) is 1. The van der Waals surface area contributed by atoms with Gasteiger partial charge in [-0.3, -0.25) is 4.68 Å². The highest BCUT2D eigenvalue weighted by molar-refractivity contribution is 7.89. The lowest BCUT2D eigenvalue weighted by molar-refractivity contribution is 0.120. The summed E-state index contributed by atoms with van der Waals surface area (Å²) >= 11 is 0. The van der Waals surface area contributed by atoms with Crippen molar-refractivity contribution in [2.24, 2.45) is 0 Å². The Balaban J connectivity index is 2.17. The Labute approximate surface area is 119 Å². The van der Waals surface area contributed by atoms with Gasteiger partial charge in [-0.2, -0.15) is 9.40 Å². The van der Waals surface area contributed by atoms with Gasteiger partial charge in [0.25, 0.3) is 0 Å². The lowest BCUT2D eigenvalue weighted by Crippen LogP contribution is -2.53. The van der Waals surface area contributed by atoms with Gasteiger partial charge in [0.1, 0.15) is 4.90 Å². The lowest BCUT2D eigenvalue weighted by atomic mass is 10.1. The van der Waals surface area contributed by atoms with Crippen LogP contribution in [0.3, 0.4) is 0 Å². The fraction of sp³-hybridized carbons (Fsp3) is 0.750. The molecule has 7 nitrogen and oxygen atoms in total. The smallest absolute Gasteiger partial charge is 0.246 e. The molecule has 0 amide bonds. The number of aliphatic hydroxyl groups excluding tert-OH is 1. The zero-order valence-corrected chi connectivity index (χ0v) is 12.8. The van der Waals surface area contributed by atoms with E-state index < -0.39 is 10.0 Å². The molecule has 8 heteroatoms. The number of aliphatic hydroxyl groups is 1. The summed E-state index contributed by atoms with van der Waals surface area (Å²) in [6.07, 6.45) is 3.55. The van der Waals surface area contributed by atoms with Gasteiger partial charge in [-0.1, -0.05) is 0 Å². The molecule has 1 aromatic heterocycles. The van der Waals surface area contributed by atoms with Crippen LogP contribution in [0.1, 0.15) is 13.3 Å². The van der Waals surface area contributed by atoms with Crippen LogP contribution in [0.4, 0.5) is 0 Å². The van der Waals surface area contributed by atoms with Gasteiger partial charge < -0.3 is 10.0 Å². The van der Waals surface area contributed by atoms with Gasteiger partial charge in [-0.15, -0.1) is 0 Å². The molecule has 1 saturated heterocycles. The molecule has 0 aromatic carbocycles. The minimum absolute atomic E-state index is 0.0599. The predicted octanol–water partition coefficient (Wildman–Crippen LogP) is -0.410. The quantitative estimate of drug-likeness (QED) is 0.800. The molecule has 114 valence electrons. The van der Waals surface area contributed by atoms with Gasteiger partial charge in [0, 0.05) is 45.0 Å². The van der Waals surface area contributed by atoms with E-state index in [1.807, 2.05) is 14.0 Å². The van der Waals surface area contributed by atoms with Crippen molar-refractivity contribution in [1.29, 1.82) is 0 Å². The summed E-state index contributed by atoms with van der Waals surface area (Å²) in [5.41, 5.74) is 0. The number of aromatic nitrogens is 2. The van der Waals surface area contributed by atoms with Gasteiger partial charge in [-0.05, 0) is 20.4 Å². The van der Waals surface area contributed by atoms with Gasteiger partial charge in [0.05, 0.1) is 6.20 Å². The van der Waals surface area contributed by atoms with Crippen LogP contribution in [-0.2, 0) is 16.6 Å². The van der Waals surface area contributed by atoms with Crippen molar-refractivity contribution < 1.29 is 13.5 Å². The van der Waals surface area contributed by atoms with E-state index in [0.717, 1.165) is 0 Å².